The van der Waals surface area contributed by atoms with E-state index in [2.05, 4.69) is 18.8 Å². The first-order valence-electron chi connectivity index (χ1n) is 7.72. The molecule has 0 saturated heterocycles. The molecule has 3 rings (SSSR count). The van der Waals surface area contributed by atoms with Crippen LogP contribution in [0, 0.1) is 5.92 Å². The second-order valence-electron chi connectivity index (χ2n) is 6.00. The number of aromatic nitrogens is 2. The van der Waals surface area contributed by atoms with Crippen LogP contribution >= 0.6 is 11.3 Å². The summed E-state index contributed by atoms with van der Waals surface area (Å²) in [6.45, 7) is 4.46. The quantitative estimate of drug-likeness (QED) is 0.870. The van der Waals surface area contributed by atoms with Gasteiger partial charge in [-0.15, -0.1) is 11.3 Å². The Bertz CT molecular complexity index is 671. The highest BCUT2D eigenvalue weighted by molar-refractivity contribution is 7.18. The topological polar surface area (TPSA) is 45.8 Å². The normalized spacial score (nSPS) is 18.4. The van der Waals surface area contributed by atoms with Crippen molar-refractivity contribution in [2.24, 2.45) is 5.92 Å². The number of aryl methyl sites for hydroxylation is 2. The van der Waals surface area contributed by atoms with E-state index >= 15 is 0 Å². The zero-order chi connectivity index (χ0) is 14.1. The lowest BCUT2D eigenvalue weighted by molar-refractivity contribution is 0.508. The van der Waals surface area contributed by atoms with Crippen LogP contribution in [0.25, 0.3) is 10.2 Å². The minimum Gasteiger partial charge on any atom is -0.310 e. The van der Waals surface area contributed by atoms with E-state index in [1.807, 2.05) is 0 Å². The number of nitrogens with zero attached hydrogens (tertiary/aromatic N) is 1. The van der Waals surface area contributed by atoms with Gasteiger partial charge in [-0.05, 0) is 37.2 Å². The number of fused-ring (bicyclic) bond motifs is 3. The third-order valence-electron chi connectivity index (χ3n) is 4.23. The van der Waals surface area contributed by atoms with Crippen LogP contribution in [-0.2, 0) is 19.3 Å². The Hall–Kier alpha value is -1.16. The number of H-pyrrole nitrogens is 1. The minimum absolute atomic E-state index is 0.0769. The molecule has 1 N–H and O–H groups in total. The fourth-order valence-corrected chi connectivity index (χ4v) is 4.30. The molecule has 2 aromatic heterocycles. The first kappa shape index (κ1) is 13.8. The highest BCUT2D eigenvalue weighted by Gasteiger charge is 2.22. The van der Waals surface area contributed by atoms with Gasteiger partial charge in [-0.25, -0.2) is 4.98 Å². The van der Waals surface area contributed by atoms with Crippen LogP contribution in [0.1, 0.15) is 55.8 Å². The summed E-state index contributed by atoms with van der Waals surface area (Å²) in [6, 6.07) is 0. The lowest BCUT2D eigenvalue weighted by atomic mass is 9.89. The van der Waals surface area contributed by atoms with Crippen LogP contribution in [-0.4, -0.2) is 9.97 Å². The first-order chi connectivity index (χ1) is 9.69. The predicted molar refractivity (Wildman–Crippen MR) is 84.7 cm³/mol. The number of rotatable bonds is 4. The van der Waals surface area contributed by atoms with Gasteiger partial charge in [0, 0.05) is 11.3 Å². The molecule has 0 saturated carbocycles. The lowest BCUT2D eigenvalue weighted by Gasteiger charge is -2.17. The third kappa shape index (κ3) is 2.53. The molecule has 1 atom stereocenters. The molecule has 0 radical (unpaired) electrons. The second kappa shape index (κ2) is 5.68. The Morgan fingerprint density at radius 1 is 1.40 bits per heavy atom. The zero-order valence-electron chi connectivity index (χ0n) is 12.3. The molecule has 0 spiro atoms. The highest BCUT2D eigenvalue weighted by Crippen LogP contribution is 2.35. The fourth-order valence-electron chi connectivity index (χ4n) is 3.06. The Morgan fingerprint density at radius 2 is 2.25 bits per heavy atom. The van der Waals surface area contributed by atoms with E-state index in [1.54, 1.807) is 11.3 Å². The van der Waals surface area contributed by atoms with Gasteiger partial charge in [0.25, 0.3) is 5.56 Å². The van der Waals surface area contributed by atoms with E-state index in [0.29, 0.717) is 5.92 Å². The maximum Gasteiger partial charge on any atom is 0.259 e. The molecular formula is C16H22N2OS. The average molecular weight is 290 g/mol. The van der Waals surface area contributed by atoms with E-state index in [9.17, 15) is 4.79 Å². The Kier molecular flexibility index (Phi) is 3.92. The predicted octanol–water partition coefficient (Wildman–Crippen LogP) is 3.84. The highest BCUT2D eigenvalue weighted by atomic mass is 32.1. The third-order valence-corrected chi connectivity index (χ3v) is 5.41. The number of thiophene rings is 1. The zero-order valence-corrected chi connectivity index (χ0v) is 13.1. The molecule has 0 aliphatic heterocycles. The van der Waals surface area contributed by atoms with Crippen LogP contribution in [0.3, 0.4) is 0 Å². The van der Waals surface area contributed by atoms with E-state index in [1.165, 1.54) is 29.7 Å². The van der Waals surface area contributed by atoms with Crippen molar-refractivity contribution < 1.29 is 0 Å². The number of nitrogens with one attached hydrogen (secondary N) is 1. The summed E-state index contributed by atoms with van der Waals surface area (Å²) in [7, 11) is 0. The first-order valence-corrected chi connectivity index (χ1v) is 8.54. The summed E-state index contributed by atoms with van der Waals surface area (Å²) in [5.41, 5.74) is 1.35. The van der Waals surface area contributed by atoms with Gasteiger partial charge >= 0.3 is 0 Å². The summed E-state index contributed by atoms with van der Waals surface area (Å²) in [5, 5.41) is 0.871. The number of aromatic amines is 1. The molecule has 1 aliphatic rings. The Labute approximate surface area is 123 Å². The smallest absolute Gasteiger partial charge is 0.259 e. The summed E-state index contributed by atoms with van der Waals surface area (Å²) in [4.78, 5) is 22.4. The number of unbranched alkanes of at least 4 members (excludes halogenated alkanes) is 2. The van der Waals surface area contributed by atoms with Crippen LogP contribution < -0.4 is 5.56 Å². The molecule has 108 valence electrons. The standard InChI is InChI=1S/C16H22N2OS/c1-3-4-5-6-13-17-15(19)14-11-9-10(2)7-8-12(11)20-16(14)18-13/h10H,3-9H2,1-2H3,(H,17,18,19)/t10-/m0/s1. The van der Waals surface area contributed by atoms with Crippen LogP contribution in [0.15, 0.2) is 4.79 Å². The number of hydrogen-bond donors (Lipinski definition) is 1. The molecule has 0 bridgehead atoms. The van der Waals surface area contributed by atoms with E-state index in [4.69, 9.17) is 4.98 Å². The van der Waals surface area contributed by atoms with Crippen LogP contribution in [0.2, 0.25) is 0 Å². The van der Waals surface area contributed by atoms with Gasteiger partial charge in [0.1, 0.15) is 10.7 Å². The van der Waals surface area contributed by atoms with Crippen molar-refractivity contribution in [1.29, 1.82) is 0 Å². The van der Waals surface area contributed by atoms with Crippen molar-refractivity contribution in [3.63, 3.8) is 0 Å². The van der Waals surface area contributed by atoms with Gasteiger partial charge in [-0.3, -0.25) is 4.79 Å². The van der Waals surface area contributed by atoms with Crippen molar-refractivity contribution in [3.05, 3.63) is 26.6 Å². The van der Waals surface area contributed by atoms with E-state index in [-0.39, 0.29) is 5.56 Å². The van der Waals surface area contributed by atoms with Gasteiger partial charge in [0.05, 0.1) is 5.39 Å². The molecule has 3 nitrogen and oxygen atoms in total. The molecule has 2 heterocycles. The number of hydrogen-bond acceptors (Lipinski definition) is 3. The van der Waals surface area contributed by atoms with Crippen LogP contribution in [0.5, 0.6) is 0 Å². The Morgan fingerprint density at radius 3 is 3.05 bits per heavy atom. The summed E-state index contributed by atoms with van der Waals surface area (Å²) < 4.78 is 0. The fraction of sp³-hybridized carbons (Fsp3) is 0.625. The average Bonchev–Trinajstić information content (AvgIpc) is 2.77. The van der Waals surface area contributed by atoms with Crippen molar-refractivity contribution >= 4 is 21.6 Å². The SMILES string of the molecule is CCCCCc1nc2sc3c(c2c(=O)[nH]1)C[C@@H](C)CC3. The van der Waals surface area contributed by atoms with Gasteiger partial charge < -0.3 is 4.98 Å². The largest absolute Gasteiger partial charge is 0.310 e. The van der Waals surface area contributed by atoms with E-state index in [0.717, 1.165) is 41.7 Å². The molecule has 0 unspecified atom stereocenters. The maximum atomic E-state index is 12.4. The summed E-state index contributed by atoms with van der Waals surface area (Å²) >= 11 is 1.74. The molecule has 4 heteroatoms. The Balaban J connectivity index is 1.99. The van der Waals surface area contributed by atoms with Crippen molar-refractivity contribution in [1.82, 2.24) is 9.97 Å². The molecule has 20 heavy (non-hydrogen) atoms. The van der Waals surface area contributed by atoms with Crippen LogP contribution in [0.4, 0.5) is 0 Å². The summed E-state index contributed by atoms with van der Waals surface area (Å²) in [5.74, 6) is 1.55. The lowest BCUT2D eigenvalue weighted by Crippen LogP contribution is -2.15. The molecule has 0 amide bonds. The van der Waals surface area contributed by atoms with Crippen molar-refractivity contribution in [2.45, 2.75) is 58.8 Å². The van der Waals surface area contributed by atoms with Crippen molar-refractivity contribution in [2.75, 3.05) is 0 Å². The van der Waals surface area contributed by atoms with Gasteiger partial charge in [-0.1, -0.05) is 26.7 Å². The molecule has 0 fully saturated rings. The van der Waals surface area contributed by atoms with Gasteiger partial charge in [0.15, 0.2) is 0 Å². The van der Waals surface area contributed by atoms with E-state index < -0.39 is 0 Å². The monoisotopic (exact) mass is 290 g/mol. The summed E-state index contributed by atoms with van der Waals surface area (Å²) in [6.07, 6.45) is 7.77. The molecule has 2 aromatic rings. The molecular weight excluding hydrogens is 268 g/mol. The van der Waals surface area contributed by atoms with Crippen molar-refractivity contribution in [3.8, 4) is 0 Å². The molecule has 0 aromatic carbocycles. The second-order valence-corrected chi connectivity index (χ2v) is 7.09. The maximum absolute atomic E-state index is 12.4. The van der Waals surface area contributed by atoms with Gasteiger partial charge in [-0.2, -0.15) is 0 Å². The molecule has 1 aliphatic carbocycles. The van der Waals surface area contributed by atoms with Gasteiger partial charge in [0.2, 0.25) is 0 Å². The minimum atomic E-state index is 0.0769.